The Hall–Kier alpha value is -1.78. The molecule has 3 aromatic rings. The van der Waals surface area contributed by atoms with Gasteiger partial charge in [-0.05, 0) is 55.9 Å². The summed E-state index contributed by atoms with van der Waals surface area (Å²) in [6.07, 6.45) is 0. The van der Waals surface area contributed by atoms with Gasteiger partial charge in [0.15, 0.2) is 4.77 Å². The maximum Gasteiger partial charge on any atom is 0.182 e. The van der Waals surface area contributed by atoms with Gasteiger partial charge in [0.25, 0.3) is 0 Å². The highest BCUT2D eigenvalue weighted by Gasteiger charge is 2.13. The first kappa shape index (κ1) is 14.2. The van der Waals surface area contributed by atoms with Gasteiger partial charge in [-0.3, -0.25) is 4.57 Å². The second-order valence-electron chi connectivity index (χ2n) is 4.73. The van der Waals surface area contributed by atoms with Gasteiger partial charge in [0.2, 0.25) is 0 Å². The summed E-state index contributed by atoms with van der Waals surface area (Å²) >= 11 is 11.7. The van der Waals surface area contributed by atoms with Crippen molar-refractivity contribution in [3.63, 3.8) is 0 Å². The van der Waals surface area contributed by atoms with Crippen LogP contribution in [0.4, 0.5) is 0 Å². The van der Waals surface area contributed by atoms with E-state index in [2.05, 4.69) is 4.98 Å². The van der Waals surface area contributed by atoms with Gasteiger partial charge in [0.05, 0.1) is 17.8 Å². The zero-order chi connectivity index (χ0) is 15.0. The van der Waals surface area contributed by atoms with Crippen molar-refractivity contribution in [2.45, 2.75) is 13.8 Å². The molecule has 0 bridgehead atoms. The van der Waals surface area contributed by atoms with Crippen LogP contribution in [0.2, 0.25) is 5.02 Å². The molecule has 1 heterocycles. The van der Waals surface area contributed by atoms with Crippen molar-refractivity contribution in [3.8, 4) is 11.4 Å². The number of hydrogen-bond acceptors (Lipinski definition) is 2. The van der Waals surface area contributed by atoms with E-state index in [0.29, 0.717) is 11.4 Å². The highest BCUT2D eigenvalue weighted by Crippen LogP contribution is 2.30. The van der Waals surface area contributed by atoms with Crippen LogP contribution in [0.5, 0.6) is 5.75 Å². The average molecular weight is 319 g/mol. The second-order valence-corrected chi connectivity index (χ2v) is 5.53. The van der Waals surface area contributed by atoms with Gasteiger partial charge in [-0.1, -0.05) is 23.7 Å². The zero-order valence-corrected chi connectivity index (χ0v) is 13.4. The summed E-state index contributed by atoms with van der Waals surface area (Å²) in [5.41, 5.74) is 3.87. The Kier molecular flexibility index (Phi) is 3.74. The Bertz CT molecular complexity index is 866. The molecule has 0 aliphatic rings. The smallest absolute Gasteiger partial charge is 0.182 e. The lowest BCUT2D eigenvalue weighted by molar-refractivity contribution is 0.343. The number of imidazole rings is 1. The van der Waals surface area contributed by atoms with Gasteiger partial charge in [0.1, 0.15) is 11.3 Å². The number of aromatic amines is 1. The normalized spacial score (nSPS) is 11.0. The van der Waals surface area contributed by atoms with Crippen LogP contribution in [0.15, 0.2) is 36.4 Å². The van der Waals surface area contributed by atoms with E-state index in [4.69, 9.17) is 28.6 Å². The predicted molar refractivity (Wildman–Crippen MR) is 89.4 cm³/mol. The van der Waals surface area contributed by atoms with Gasteiger partial charge in [0, 0.05) is 5.02 Å². The molecule has 3 rings (SSSR count). The number of benzene rings is 2. The standard InChI is InChI=1S/C16H15ClN2OS/c1-3-20-14-9-5-8-13-15(14)18-16(21)19(13)12-7-4-6-11(17)10(12)2/h4-9H,3H2,1-2H3,(H,18,21). The monoisotopic (exact) mass is 318 g/mol. The van der Waals surface area contributed by atoms with E-state index < -0.39 is 0 Å². The van der Waals surface area contributed by atoms with E-state index in [-0.39, 0.29) is 0 Å². The Morgan fingerprint density at radius 1 is 1.24 bits per heavy atom. The number of hydrogen-bond donors (Lipinski definition) is 1. The molecule has 0 atom stereocenters. The molecule has 0 saturated heterocycles. The summed E-state index contributed by atoms with van der Waals surface area (Å²) in [5.74, 6) is 0.805. The lowest BCUT2D eigenvalue weighted by Gasteiger charge is -2.10. The molecule has 0 saturated carbocycles. The number of ether oxygens (including phenoxy) is 1. The largest absolute Gasteiger partial charge is 0.492 e. The van der Waals surface area contributed by atoms with E-state index in [1.54, 1.807) is 0 Å². The fourth-order valence-electron chi connectivity index (χ4n) is 2.46. The summed E-state index contributed by atoms with van der Waals surface area (Å²) < 4.78 is 8.28. The number of nitrogens with zero attached hydrogens (tertiary/aromatic N) is 1. The molecule has 0 aliphatic carbocycles. The summed E-state index contributed by atoms with van der Waals surface area (Å²) in [5, 5.41) is 0.727. The summed E-state index contributed by atoms with van der Waals surface area (Å²) in [4.78, 5) is 3.24. The van der Waals surface area contributed by atoms with Crippen molar-refractivity contribution in [1.29, 1.82) is 0 Å². The molecule has 0 amide bonds. The van der Waals surface area contributed by atoms with Crippen LogP contribution in [-0.4, -0.2) is 16.2 Å². The minimum Gasteiger partial charge on any atom is -0.492 e. The van der Waals surface area contributed by atoms with E-state index in [1.807, 2.05) is 54.8 Å². The number of H-pyrrole nitrogens is 1. The maximum atomic E-state index is 6.23. The Balaban J connectivity index is 2.34. The van der Waals surface area contributed by atoms with Gasteiger partial charge in [-0.15, -0.1) is 0 Å². The lowest BCUT2D eigenvalue weighted by atomic mass is 10.2. The highest BCUT2D eigenvalue weighted by atomic mass is 35.5. The molecule has 0 radical (unpaired) electrons. The third-order valence-electron chi connectivity index (χ3n) is 3.46. The second kappa shape index (κ2) is 5.54. The Morgan fingerprint density at radius 2 is 2.00 bits per heavy atom. The molecule has 2 aromatic carbocycles. The van der Waals surface area contributed by atoms with Crippen molar-refractivity contribution in [1.82, 2.24) is 9.55 Å². The molecule has 5 heteroatoms. The molecule has 21 heavy (non-hydrogen) atoms. The van der Waals surface area contributed by atoms with E-state index in [0.717, 1.165) is 33.1 Å². The topological polar surface area (TPSA) is 29.9 Å². The highest BCUT2D eigenvalue weighted by molar-refractivity contribution is 7.71. The molecule has 0 aliphatic heterocycles. The Labute approximate surface area is 133 Å². The number of fused-ring (bicyclic) bond motifs is 1. The lowest BCUT2D eigenvalue weighted by Crippen LogP contribution is -1.97. The van der Waals surface area contributed by atoms with Crippen molar-refractivity contribution in [2.75, 3.05) is 6.61 Å². The summed E-state index contributed by atoms with van der Waals surface area (Å²) in [6.45, 7) is 4.57. The third kappa shape index (κ3) is 2.34. The predicted octanol–water partition coefficient (Wildman–Crippen LogP) is 5.05. The minimum absolute atomic E-state index is 0.612. The molecule has 108 valence electrons. The molecule has 1 N–H and O–H groups in total. The van der Waals surface area contributed by atoms with Crippen molar-refractivity contribution in [3.05, 3.63) is 51.8 Å². The van der Waals surface area contributed by atoms with Gasteiger partial charge >= 0.3 is 0 Å². The molecule has 1 aromatic heterocycles. The summed E-state index contributed by atoms with van der Waals surface area (Å²) in [7, 11) is 0. The SMILES string of the molecule is CCOc1cccc2c1[nH]c(=S)n2-c1cccc(Cl)c1C. The average Bonchev–Trinajstić information content (AvgIpc) is 2.80. The van der Waals surface area contributed by atoms with Crippen molar-refractivity contribution in [2.24, 2.45) is 0 Å². The van der Waals surface area contributed by atoms with Crippen molar-refractivity contribution < 1.29 is 4.74 Å². The van der Waals surface area contributed by atoms with E-state index in [9.17, 15) is 0 Å². The van der Waals surface area contributed by atoms with Gasteiger partial charge in [-0.2, -0.15) is 0 Å². The molecular formula is C16H15ClN2OS. The van der Waals surface area contributed by atoms with Crippen LogP contribution in [0.3, 0.4) is 0 Å². The van der Waals surface area contributed by atoms with Gasteiger partial charge < -0.3 is 9.72 Å². The van der Waals surface area contributed by atoms with Crippen LogP contribution in [0.25, 0.3) is 16.7 Å². The third-order valence-corrected chi connectivity index (χ3v) is 4.15. The van der Waals surface area contributed by atoms with Crippen LogP contribution in [0, 0.1) is 11.7 Å². The molecule has 3 nitrogen and oxygen atoms in total. The van der Waals surface area contributed by atoms with E-state index in [1.165, 1.54) is 0 Å². The number of nitrogens with one attached hydrogen (secondary N) is 1. The van der Waals surface area contributed by atoms with Gasteiger partial charge in [-0.25, -0.2) is 0 Å². The van der Waals surface area contributed by atoms with Crippen LogP contribution in [-0.2, 0) is 0 Å². The van der Waals surface area contributed by atoms with Crippen LogP contribution in [0.1, 0.15) is 12.5 Å². The van der Waals surface area contributed by atoms with Crippen molar-refractivity contribution >= 4 is 34.9 Å². The molecule has 0 spiro atoms. The Morgan fingerprint density at radius 3 is 2.76 bits per heavy atom. The number of rotatable bonds is 3. The van der Waals surface area contributed by atoms with E-state index >= 15 is 0 Å². The summed E-state index contributed by atoms with van der Waals surface area (Å²) in [6, 6.07) is 11.7. The first-order valence-electron chi connectivity index (χ1n) is 6.75. The fourth-order valence-corrected chi connectivity index (χ4v) is 2.93. The van der Waals surface area contributed by atoms with Crippen LogP contribution >= 0.6 is 23.8 Å². The first-order chi connectivity index (χ1) is 10.1. The number of aromatic nitrogens is 2. The maximum absolute atomic E-state index is 6.23. The number of para-hydroxylation sites is 1. The molecular weight excluding hydrogens is 304 g/mol. The quantitative estimate of drug-likeness (QED) is 0.685. The number of halogens is 1. The minimum atomic E-state index is 0.612. The molecule has 0 fully saturated rings. The van der Waals surface area contributed by atoms with Crippen LogP contribution < -0.4 is 4.74 Å². The first-order valence-corrected chi connectivity index (χ1v) is 7.54. The fraction of sp³-hybridized carbons (Fsp3) is 0.188. The zero-order valence-electron chi connectivity index (χ0n) is 11.8. The molecule has 0 unspecified atom stereocenters.